The second-order valence-corrected chi connectivity index (χ2v) is 6.01. The van der Waals surface area contributed by atoms with Gasteiger partial charge in [-0.1, -0.05) is 0 Å². The minimum atomic E-state index is -1.30. The molecule has 1 N–H and O–H groups in total. The topological polar surface area (TPSA) is 125 Å². The van der Waals surface area contributed by atoms with Crippen molar-refractivity contribution in [1.82, 2.24) is 9.58 Å². The van der Waals surface area contributed by atoms with Crippen LogP contribution in [0, 0.1) is 0 Å². The monoisotopic (exact) mass is 381 g/mol. The SMILES string of the molecule is COC(=O)[C@@H](C)OC(=O)Oc1c2n(ccc1=O)NC1C(C)OCCN1C2=O. The molecule has 2 unspecified atom stereocenters. The van der Waals surface area contributed by atoms with Crippen LogP contribution in [0.5, 0.6) is 5.75 Å². The van der Waals surface area contributed by atoms with Gasteiger partial charge >= 0.3 is 12.1 Å². The summed E-state index contributed by atoms with van der Waals surface area (Å²) in [5.74, 6) is -1.77. The van der Waals surface area contributed by atoms with Gasteiger partial charge in [-0.05, 0) is 13.8 Å². The molecule has 0 aromatic carbocycles. The number of nitrogens with one attached hydrogen (secondary N) is 1. The Morgan fingerprint density at radius 2 is 2.11 bits per heavy atom. The van der Waals surface area contributed by atoms with E-state index in [4.69, 9.17) is 14.2 Å². The normalized spacial score (nSPS) is 22.0. The summed E-state index contributed by atoms with van der Waals surface area (Å²) in [4.78, 5) is 49.9. The van der Waals surface area contributed by atoms with E-state index in [1.807, 2.05) is 6.92 Å². The third kappa shape index (κ3) is 3.45. The molecule has 3 rings (SSSR count). The van der Waals surface area contributed by atoms with E-state index in [0.29, 0.717) is 13.2 Å². The molecule has 1 aromatic rings. The second kappa shape index (κ2) is 7.27. The lowest BCUT2D eigenvalue weighted by molar-refractivity contribution is -0.150. The van der Waals surface area contributed by atoms with E-state index in [0.717, 1.165) is 13.2 Å². The van der Waals surface area contributed by atoms with E-state index >= 15 is 0 Å². The predicted octanol–water partition coefficient (Wildman–Crippen LogP) is -0.331. The number of hydrogen-bond acceptors (Lipinski definition) is 9. The fraction of sp³-hybridized carbons (Fsp3) is 0.500. The number of carbonyl (C=O) groups excluding carboxylic acids is 3. The van der Waals surface area contributed by atoms with Crippen LogP contribution in [0.4, 0.5) is 4.79 Å². The van der Waals surface area contributed by atoms with Crippen LogP contribution in [0.2, 0.25) is 0 Å². The summed E-state index contributed by atoms with van der Waals surface area (Å²) in [6, 6.07) is 1.14. The number of hydrogen-bond donors (Lipinski definition) is 1. The third-order valence-corrected chi connectivity index (χ3v) is 4.27. The Labute approximate surface area is 153 Å². The Bertz CT molecular complexity index is 835. The number of nitrogens with zero attached hydrogens (tertiary/aromatic N) is 2. The number of amides is 1. The maximum atomic E-state index is 12.9. The van der Waals surface area contributed by atoms with E-state index in [2.05, 4.69) is 10.2 Å². The standard InChI is InChI=1S/C16H19N3O8/c1-8-13-17-19-5-4-10(20)12(11(19)14(21)18(13)6-7-25-8)27-16(23)26-9(2)15(22)24-3/h4-5,8-9,13,17H,6-7H2,1-3H3/t8?,9-,13?/m1/s1. The molecule has 0 aliphatic carbocycles. The van der Waals surface area contributed by atoms with Gasteiger partial charge in [-0.2, -0.15) is 0 Å². The fourth-order valence-corrected chi connectivity index (χ4v) is 2.89. The number of morpholine rings is 1. The molecule has 11 nitrogen and oxygen atoms in total. The van der Waals surface area contributed by atoms with Crippen LogP contribution in [0.3, 0.4) is 0 Å². The summed E-state index contributed by atoms with van der Waals surface area (Å²) < 4.78 is 21.0. The summed E-state index contributed by atoms with van der Waals surface area (Å²) >= 11 is 0. The molecule has 146 valence electrons. The van der Waals surface area contributed by atoms with Crippen molar-refractivity contribution in [2.75, 3.05) is 25.7 Å². The lowest BCUT2D eigenvalue weighted by Gasteiger charge is -2.44. The number of aromatic nitrogens is 1. The number of carbonyl (C=O) groups is 3. The van der Waals surface area contributed by atoms with Crippen LogP contribution < -0.4 is 15.6 Å². The summed E-state index contributed by atoms with van der Waals surface area (Å²) in [6.07, 6.45) is -1.87. The minimum absolute atomic E-state index is 0.143. The fourth-order valence-electron chi connectivity index (χ4n) is 2.89. The van der Waals surface area contributed by atoms with Gasteiger partial charge in [0.1, 0.15) is 6.17 Å². The Balaban J connectivity index is 1.89. The minimum Gasteiger partial charge on any atom is -0.466 e. The summed E-state index contributed by atoms with van der Waals surface area (Å²) in [5.41, 5.74) is 2.22. The number of pyridine rings is 1. The Morgan fingerprint density at radius 3 is 2.81 bits per heavy atom. The van der Waals surface area contributed by atoms with Crippen molar-refractivity contribution < 1.29 is 33.3 Å². The van der Waals surface area contributed by atoms with Crippen LogP contribution >= 0.6 is 0 Å². The van der Waals surface area contributed by atoms with Crippen molar-refractivity contribution in [2.24, 2.45) is 0 Å². The Hall–Kier alpha value is -3.08. The first kappa shape index (κ1) is 18.7. The van der Waals surface area contributed by atoms with Crippen LogP contribution in [0.1, 0.15) is 24.3 Å². The molecule has 11 heteroatoms. The van der Waals surface area contributed by atoms with Crippen LogP contribution in [0.15, 0.2) is 17.1 Å². The molecule has 1 fully saturated rings. The molecule has 1 amide bonds. The summed E-state index contributed by atoms with van der Waals surface area (Å²) in [6.45, 7) is 3.75. The highest BCUT2D eigenvalue weighted by Gasteiger charge is 2.40. The van der Waals surface area contributed by atoms with Crippen molar-refractivity contribution in [2.45, 2.75) is 32.2 Å². The average molecular weight is 381 g/mol. The lowest BCUT2D eigenvalue weighted by Crippen LogP contribution is -2.62. The largest absolute Gasteiger partial charge is 0.514 e. The maximum Gasteiger partial charge on any atom is 0.514 e. The first-order valence-corrected chi connectivity index (χ1v) is 8.24. The van der Waals surface area contributed by atoms with Gasteiger partial charge in [-0.3, -0.25) is 14.3 Å². The maximum absolute atomic E-state index is 12.9. The van der Waals surface area contributed by atoms with Crippen LogP contribution in [0.25, 0.3) is 0 Å². The van der Waals surface area contributed by atoms with Gasteiger partial charge in [0.05, 0.1) is 19.8 Å². The van der Waals surface area contributed by atoms with Crippen LogP contribution in [-0.4, -0.2) is 66.2 Å². The zero-order chi connectivity index (χ0) is 19.7. The Morgan fingerprint density at radius 1 is 1.37 bits per heavy atom. The second-order valence-electron chi connectivity index (χ2n) is 6.01. The molecule has 0 bridgehead atoms. The zero-order valence-corrected chi connectivity index (χ0v) is 15.0. The van der Waals surface area contributed by atoms with Gasteiger partial charge in [0, 0.05) is 18.8 Å². The quantitative estimate of drug-likeness (QED) is 0.700. The lowest BCUT2D eigenvalue weighted by atomic mass is 10.1. The molecule has 1 aromatic heterocycles. The van der Waals surface area contributed by atoms with E-state index in [1.165, 1.54) is 22.7 Å². The first-order chi connectivity index (χ1) is 12.8. The molecular weight excluding hydrogens is 362 g/mol. The van der Waals surface area contributed by atoms with Gasteiger partial charge in [-0.15, -0.1) is 0 Å². The molecule has 3 atom stereocenters. The van der Waals surface area contributed by atoms with Crippen molar-refractivity contribution in [1.29, 1.82) is 0 Å². The highest BCUT2D eigenvalue weighted by molar-refractivity contribution is 5.97. The molecule has 0 spiro atoms. The van der Waals surface area contributed by atoms with Crippen molar-refractivity contribution in [3.8, 4) is 5.75 Å². The number of fused-ring (bicyclic) bond motifs is 2. The molecule has 0 radical (unpaired) electrons. The van der Waals surface area contributed by atoms with Gasteiger partial charge in [0.25, 0.3) is 5.91 Å². The van der Waals surface area contributed by atoms with Gasteiger partial charge < -0.3 is 29.3 Å². The smallest absolute Gasteiger partial charge is 0.466 e. The van der Waals surface area contributed by atoms with Crippen LogP contribution in [-0.2, 0) is 19.0 Å². The number of methoxy groups -OCH3 is 1. The Kier molecular flexibility index (Phi) is 5.04. The molecule has 0 saturated carbocycles. The van der Waals surface area contributed by atoms with Gasteiger partial charge in [0.15, 0.2) is 11.8 Å². The summed E-state index contributed by atoms with van der Waals surface area (Å²) in [5, 5.41) is 0. The van der Waals surface area contributed by atoms with E-state index in [9.17, 15) is 19.2 Å². The van der Waals surface area contributed by atoms with Crippen molar-refractivity contribution >= 4 is 18.0 Å². The van der Waals surface area contributed by atoms with E-state index < -0.39 is 41.5 Å². The van der Waals surface area contributed by atoms with E-state index in [-0.39, 0.29) is 11.8 Å². The number of ether oxygens (including phenoxy) is 4. The van der Waals surface area contributed by atoms with Gasteiger partial charge in [0.2, 0.25) is 11.2 Å². The highest BCUT2D eigenvalue weighted by atomic mass is 16.7. The van der Waals surface area contributed by atoms with E-state index in [1.54, 1.807) is 0 Å². The average Bonchev–Trinajstić information content (AvgIpc) is 2.64. The number of rotatable bonds is 3. The predicted molar refractivity (Wildman–Crippen MR) is 88.9 cm³/mol. The molecule has 27 heavy (non-hydrogen) atoms. The molecule has 1 saturated heterocycles. The molecule has 3 heterocycles. The number of esters is 1. The molecule has 2 aliphatic rings. The van der Waals surface area contributed by atoms with Crippen molar-refractivity contribution in [3.05, 3.63) is 28.2 Å². The van der Waals surface area contributed by atoms with Crippen molar-refractivity contribution in [3.63, 3.8) is 0 Å². The molecular formula is C16H19N3O8. The molecule has 2 aliphatic heterocycles. The highest BCUT2D eigenvalue weighted by Crippen LogP contribution is 2.25. The first-order valence-electron chi connectivity index (χ1n) is 8.24. The summed E-state index contributed by atoms with van der Waals surface area (Å²) in [7, 11) is 1.14. The zero-order valence-electron chi connectivity index (χ0n) is 15.0. The third-order valence-electron chi connectivity index (χ3n) is 4.27. The van der Waals surface area contributed by atoms with Gasteiger partial charge in [-0.25, -0.2) is 9.59 Å².